The van der Waals surface area contributed by atoms with Gasteiger partial charge in [-0.25, -0.2) is 0 Å². The Labute approximate surface area is 123 Å². The first kappa shape index (κ1) is 14.2. The van der Waals surface area contributed by atoms with Gasteiger partial charge in [0.1, 0.15) is 0 Å². The first-order chi connectivity index (χ1) is 9.13. The minimum atomic E-state index is 0.190. The largest absolute Gasteiger partial charge is 0.306 e. The zero-order valence-corrected chi connectivity index (χ0v) is 13.2. The van der Waals surface area contributed by atoms with Crippen LogP contribution in [-0.2, 0) is 0 Å². The van der Waals surface area contributed by atoms with E-state index in [-0.39, 0.29) is 6.04 Å². The molecule has 0 saturated carbocycles. The Kier molecular flexibility index (Phi) is 4.72. The molecule has 0 saturated heterocycles. The zero-order chi connectivity index (χ0) is 13.8. The number of halogens is 1. The van der Waals surface area contributed by atoms with Crippen LogP contribution in [0.4, 0.5) is 0 Å². The Morgan fingerprint density at radius 1 is 1.26 bits per heavy atom. The molecule has 0 aliphatic carbocycles. The molecule has 0 aliphatic rings. The van der Waals surface area contributed by atoms with Gasteiger partial charge in [0.2, 0.25) is 0 Å². The lowest BCUT2D eigenvalue weighted by Crippen LogP contribution is -2.23. The molecule has 1 N–H and O–H groups in total. The molecule has 2 rings (SSSR count). The third kappa shape index (κ3) is 3.23. The number of benzene rings is 1. The lowest BCUT2D eigenvalue weighted by molar-refractivity contribution is 0.625. The Balaban J connectivity index is 2.48. The van der Waals surface area contributed by atoms with E-state index in [0.29, 0.717) is 0 Å². The summed E-state index contributed by atoms with van der Waals surface area (Å²) >= 11 is 3.50. The minimum absolute atomic E-state index is 0.190. The van der Waals surface area contributed by atoms with E-state index in [2.05, 4.69) is 71.3 Å². The molecular formula is C16H19BrN2. The highest BCUT2D eigenvalue weighted by molar-refractivity contribution is 9.10. The van der Waals surface area contributed by atoms with Gasteiger partial charge in [0.15, 0.2) is 0 Å². The second kappa shape index (κ2) is 6.31. The molecule has 0 spiro atoms. The van der Waals surface area contributed by atoms with E-state index in [1.54, 1.807) is 0 Å². The fourth-order valence-electron chi connectivity index (χ4n) is 2.28. The maximum atomic E-state index is 4.28. The number of aromatic nitrogens is 1. The van der Waals surface area contributed by atoms with E-state index in [1.807, 2.05) is 12.4 Å². The number of nitrogens with one attached hydrogen (secondary N) is 1. The molecule has 0 aliphatic heterocycles. The van der Waals surface area contributed by atoms with Crippen LogP contribution in [0.25, 0.3) is 0 Å². The number of hydrogen-bond acceptors (Lipinski definition) is 2. The van der Waals surface area contributed by atoms with Gasteiger partial charge < -0.3 is 5.32 Å². The van der Waals surface area contributed by atoms with Gasteiger partial charge in [-0.1, -0.05) is 25.1 Å². The normalized spacial score (nSPS) is 12.4. The number of rotatable bonds is 4. The van der Waals surface area contributed by atoms with E-state index in [0.717, 1.165) is 11.0 Å². The summed E-state index contributed by atoms with van der Waals surface area (Å²) in [5, 5.41) is 3.55. The van der Waals surface area contributed by atoms with Gasteiger partial charge in [0, 0.05) is 16.9 Å². The van der Waals surface area contributed by atoms with Gasteiger partial charge in [-0.3, -0.25) is 4.98 Å². The van der Waals surface area contributed by atoms with Crippen LogP contribution in [0.1, 0.15) is 35.2 Å². The van der Waals surface area contributed by atoms with E-state index in [9.17, 15) is 0 Å². The third-order valence-corrected chi connectivity index (χ3v) is 3.86. The van der Waals surface area contributed by atoms with Crippen LogP contribution in [0.3, 0.4) is 0 Å². The zero-order valence-electron chi connectivity index (χ0n) is 11.6. The fraction of sp³-hybridized carbons (Fsp3) is 0.312. The summed E-state index contributed by atoms with van der Waals surface area (Å²) in [4.78, 5) is 4.28. The standard InChI is InChI=1S/C16H19BrN2/c1-4-19-16(13-8-14(17)10-18-9-13)15-7-5-6-11(2)12(15)3/h5-10,16,19H,4H2,1-3H3. The molecular weight excluding hydrogens is 300 g/mol. The molecule has 0 fully saturated rings. The van der Waals surface area contributed by atoms with Crippen LogP contribution in [0.5, 0.6) is 0 Å². The van der Waals surface area contributed by atoms with Crippen LogP contribution in [0.15, 0.2) is 41.1 Å². The molecule has 0 amide bonds. The molecule has 1 aromatic heterocycles. The summed E-state index contributed by atoms with van der Waals surface area (Å²) in [6.07, 6.45) is 3.75. The molecule has 1 heterocycles. The van der Waals surface area contributed by atoms with Crippen molar-refractivity contribution in [3.8, 4) is 0 Å². The number of nitrogens with zero attached hydrogens (tertiary/aromatic N) is 1. The molecule has 1 aromatic carbocycles. The second-order valence-corrected chi connectivity index (χ2v) is 5.63. The summed E-state index contributed by atoms with van der Waals surface area (Å²) in [5.41, 5.74) is 5.17. The molecule has 1 atom stereocenters. The molecule has 3 heteroatoms. The van der Waals surface area contributed by atoms with Crippen molar-refractivity contribution in [3.05, 3.63) is 63.4 Å². The van der Waals surface area contributed by atoms with Gasteiger partial charge in [-0.15, -0.1) is 0 Å². The summed E-state index contributed by atoms with van der Waals surface area (Å²) in [6, 6.07) is 8.78. The molecule has 0 bridgehead atoms. The van der Waals surface area contributed by atoms with Crippen LogP contribution >= 0.6 is 15.9 Å². The monoisotopic (exact) mass is 318 g/mol. The molecule has 1 unspecified atom stereocenters. The van der Waals surface area contributed by atoms with Crippen LogP contribution in [-0.4, -0.2) is 11.5 Å². The minimum Gasteiger partial charge on any atom is -0.306 e. The lowest BCUT2D eigenvalue weighted by Gasteiger charge is -2.21. The van der Waals surface area contributed by atoms with Gasteiger partial charge in [-0.05, 0) is 64.6 Å². The van der Waals surface area contributed by atoms with Crippen molar-refractivity contribution < 1.29 is 0 Å². The van der Waals surface area contributed by atoms with Crippen LogP contribution in [0.2, 0.25) is 0 Å². The lowest BCUT2D eigenvalue weighted by atomic mass is 9.93. The molecule has 0 radical (unpaired) electrons. The van der Waals surface area contributed by atoms with Gasteiger partial charge in [0.05, 0.1) is 6.04 Å². The highest BCUT2D eigenvalue weighted by Crippen LogP contribution is 2.27. The van der Waals surface area contributed by atoms with Crippen molar-refractivity contribution in [2.24, 2.45) is 0 Å². The number of aryl methyl sites for hydroxylation is 1. The highest BCUT2D eigenvalue weighted by atomic mass is 79.9. The SMILES string of the molecule is CCNC(c1cncc(Br)c1)c1cccc(C)c1C. The predicted molar refractivity (Wildman–Crippen MR) is 83.4 cm³/mol. The van der Waals surface area contributed by atoms with E-state index in [4.69, 9.17) is 0 Å². The van der Waals surface area contributed by atoms with Crippen LogP contribution in [0, 0.1) is 13.8 Å². The quantitative estimate of drug-likeness (QED) is 0.915. The van der Waals surface area contributed by atoms with Crippen molar-refractivity contribution in [3.63, 3.8) is 0 Å². The molecule has 2 aromatic rings. The van der Waals surface area contributed by atoms with Crippen molar-refractivity contribution in [1.29, 1.82) is 0 Å². The number of hydrogen-bond donors (Lipinski definition) is 1. The maximum absolute atomic E-state index is 4.28. The molecule has 2 nitrogen and oxygen atoms in total. The van der Waals surface area contributed by atoms with E-state index in [1.165, 1.54) is 22.3 Å². The topological polar surface area (TPSA) is 24.9 Å². The average molecular weight is 319 g/mol. The van der Waals surface area contributed by atoms with Crippen molar-refractivity contribution >= 4 is 15.9 Å². The smallest absolute Gasteiger partial charge is 0.0594 e. The summed E-state index contributed by atoms with van der Waals surface area (Å²) in [5.74, 6) is 0. The molecule has 19 heavy (non-hydrogen) atoms. The van der Waals surface area contributed by atoms with Crippen LogP contribution < -0.4 is 5.32 Å². The summed E-state index contributed by atoms with van der Waals surface area (Å²) < 4.78 is 1.01. The second-order valence-electron chi connectivity index (χ2n) is 4.72. The Morgan fingerprint density at radius 3 is 2.74 bits per heavy atom. The third-order valence-electron chi connectivity index (χ3n) is 3.43. The number of pyridine rings is 1. The average Bonchev–Trinajstić information content (AvgIpc) is 2.40. The highest BCUT2D eigenvalue weighted by Gasteiger charge is 2.16. The Hall–Kier alpha value is -1.19. The van der Waals surface area contributed by atoms with E-state index >= 15 is 0 Å². The van der Waals surface area contributed by atoms with Gasteiger partial charge in [-0.2, -0.15) is 0 Å². The summed E-state index contributed by atoms with van der Waals surface area (Å²) in [7, 11) is 0. The van der Waals surface area contributed by atoms with Crippen molar-refractivity contribution in [1.82, 2.24) is 10.3 Å². The fourth-order valence-corrected chi connectivity index (χ4v) is 2.67. The summed E-state index contributed by atoms with van der Waals surface area (Å²) in [6.45, 7) is 7.38. The van der Waals surface area contributed by atoms with Gasteiger partial charge in [0.25, 0.3) is 0 Å². The first-order valence-corrected chi connectivity index (χ1v) is 7.32. The Morgan fingerprint density at radius 2 is 2.05 bits per heavy atom. The molecule has 100 valence electrons. The van der Waals surface area contributed by atoms with Gasteiger partial charge >= 0.3 is 0 Å². The van der Waals surface area contributed by atoms with E-state index < -0.39 is 0 Å². The van der Waals surface area contributed by atoms with Crippen molar-refractivity contribution in [2.75, 3.05) is 6.54 Å². The first-order valence-electron chi connectivity index (χ1n) is 6.53. The van der Waals surface area contributed by atoms with Crippen molar-refractivity contribution in [2.45, 2.75) is 26.8 Å². The maximum Gasteiger partial charge on any atom is 0.0594 e. The Bertz CT molecular complexity index is 566. The predicted octanol–water partition coefficient (Wildman–Crippen LogP) is 4.16.